The van der Waals surface area contributed by atoms with Crippen LogP contribution in [0.2, 0.25) is 0 Å². The maximum absolute atomic E-state index is 14.8. The van der Waals surface area contributed by atoms with Gasteiger partial charge in [0.2, 0.25) is 20.0 Å². The molecule has 0 spiro atoms. The average Bonchev–Trinajstić information content (AvgIpc) is 3.73. The Kier molecular flexibility index (Phi) is 10.5. The smallest absolute Gasteiger partial charge is 0.347 e. The van der Waals surface area contributed by atoms with E-state index in [0.29, 0.717) is 42.2 Å². The van der Waals surface area contributed by atoms with Gasteiger partial charge in [0, 0.05) is 58.4 Å². The summed E-state index contributed by atoms with van der Waals surface area (Å²) in [5, 5.41) is -1.40. The molecule has 0 aliphatic heterocycles. The third-order valence-corrected chi connectivity index (χ3v) is 16.0. The number of sulfonamides is 2. The van der Waals surface area contributed by atoms with E-state index >= 15 is 0 Å². The first-order chi connectivity index (χ1) is 26.2. The van der Waals surface area contributed by atoms with Gasteiger partial charge in [-0.15, -0.1) is 0 Å². The van der Waals surface area contributed by atoms with Crippen molar-refractivity contribution in [2.45, 2.75) is 140 Å². The SMILES string of the molecule is Cc1ccc2c([C@H](NS(=O)(=O)C3CC(C(C)(C)Cn4cc([C@H](NS(=O)(=O)C5CCC5)C(F)(F)F)c5ccc(C6CC6)cc54)C3)C(F)(F)F)cn(CC(C)(C)C)c2c1. The Morgan fingerprint density at radius 2 is 1.18 bits per heavy atom. The van der Waals surface area contributed by atoms with E-state index in [2.05, 4.69) is 0 Å². The number of aryl methyl sites for hydroxylation is 1. The molecule has 4 aromatic rings. The van der Waals surface area contributed by atoms with Gasteiger partial charge in [0.25, 0.3) is 0 Å². The van der Waals surface area contributed by atoms with Crippen LogP contribution in [0, 0.1) is 23.7 Å². The molecule has 3 saturated carbocycles. The van der Waals surface area contributed by atoms with Crippen LogP contribution in [0.25, 0.3) is 21.8 Å². The Morgan fingerprint density at radius 3 is 1.65 bits per heavy atom. The van der Waals surface area contributed by atoms with Gasteiger partial charge in [-0.05, 0) is 91.4 Å². The number of rotatable bonds is 13. The van der Waals surface area contributed by atoms with Crippen LogP contribution < -0.4 is 9.44 Å². The number of hydrogen-bond donors (Lipinski definition) is 2. The molecule has 2 atom stereocenters. The number of alkyl halides is 6. The van der Waals surface area contributed by atoms with Crippen molar-refractivity contribution in [3.8, 4) is 0 Å². The third kappa shape index (κ3) is 8.65. The highest BCUT2D eigenvalue weighted by Crippen LogP contribution is 2.49. The molecule has 8 nitrogen and oxygen atoms in total. The summed E-state index contributed by atoms with van der Waals surface area (Å²) >= 11 is 0. The summed E-state index contributed by atoms with van der Waals surface area (Å²) in [6.45, 7) is 12.1. The van der Waals surface area contributed by atoms with Gasteiger partial charge in [0.15, 0.2) is 0 Å². The van der Waals surface area contributed by atoms with Crippen molar-refractivity contribution in [2.24, 2.45) is 16.7 Å². The number of nitrogens with one attached hydrogen (secondary N) is 2. The zero-order valence-corrected chi connectivity index (χ0v) is 34.7. The van der Waals surface area contributed by atoms with E-state index in [1.54, 1.807) is 39.5 Å². The molecule has 0 bridgehead atoms. The molecule has 0 unspecified atom stereocenters. The van der Waals surface area contributed by atoms with Crippen LogP contribution >= 0.6 is 0 Å². The Labute approximate surface area is 330 Å². The number of hydrogen-bond acceptors (Lipinski definition) is 4. The van der Waals surface area contributed by atoms with Crippen LogP contribution in [-0.2, 0) is 33.1 Å². The van der Waals surface area contributed by atoms with Crippen molar-refractivity contribution in [3.05, 3.63) is 71.0 Å². The Balaban J connectivity index is 1.14. The molecular formula is C41H52F6N4O4S2. The normalized spacial score (nSPS) is 21.5. The molecule has 2 heterocycles. The van der Waals surface area contributed by atoms with E-state index in [1.807, 2.05) is 57.1 Å². The largest absolute Gasteiger partial charge is 0.408 e. The first kappa shape index (κ1) is 42.1. The highest BCUT2D eigenvalue weighted by atomic mass is 32.2. The molecule has 0 saturated heterocycles. The van der Waals surface area contributed by atoms with Crippen LogP contribution in [0.4, 0.5) is 26.3 Å². The molecule has 16 heteroatoms. The molecule has 314 valence electrons. The lowest BCUT2D eigenvalue weighted by molar-refractivity contribution is -0.153. The van der Waals surface area contributed by atoms with Crippen LogP contribution in [0.15, 0.2) is 48.8 Å². The van der Waals surface area contributed by atoms with Gasteiger partial charge in [0.1, 0.15) is 12.1 Å². The molecule has 3 aliphatic rings. The zero-order chi connectivity index (χ0) is 41.7. The second-order valence-corrected chi connectivity index (χ2v) is 22.6. The van der Waals surface area contributed by atoms with Gasteiger partial charge >= 0.3 is 12.4 Å². The summed E-state index contributed by atoms with van der Waals surface area (Å²) in [6, 6.07) is 5.41. The number of fused-ring (bicyclic) bond motifs is 2. The van der Waals surface area contributed by atoms with E-state index in [4.69, 9.17) is 0 Å². The Morgan fingerprint density at radius 1 is 0.684 bits per heavy atom. The van der Waals surface area contributed by atoms with Crippen LogP contribution in [0.1, 0.15) is 120 Å². The number of nitrogens with zero attached hydrogens (tertiary/aromatic N) is 2. The predicted octanol–water partition coefficient (Wildman–Crippen LogP) is 9.93. The van der Waals surface area contributed by atoms with Crippen LogP contribution in [0.3, 0.4) is 0 Å². The second kappa shape index (κ2) is 14.3. The maximum Gasteiger partial charge on any atom is 0.408 e. The van der Waals surface area contributed by atoms with Gasteiger partial charge in [-0.3, -0.25) is 0 Å². The summed E-state index contributed by atoms with van der Waals surface area (Å²) in [4.78, 5) is 0. The van der Waals surface area contributed by atoms with Crippen LogP contribution in [-0.4, -0.2) is 48.8 Å². The Bertz CT molecular complexity index is 2380. The summed E-state index contributed by atoms with van der Waals surface area (Å²) in [5.41, 5.74) is 1.57. The molecule has 7 rings (SSSR count). The van der Waals surface area contributed by atoms with Crippen LogP contribution in [0.5, 0.6) is 0 Å². The van der Waals surface area contributed by atoms with E-state index < -0.39 is 60.4 Å². The van der Waals surface area contributed by atoms with E-state index in [-0.39, 0.29) is 53.2 Å². The van der Waals surface area contributed by atoms with Crippen molar-refractivity contribution in [1.29, 1.82) is 0 Å². The fourth-order valence-electron chi connectivity index (χ4n) is 8.51. The standard InChI is InChI=1S/C41H52F6N4O4S2/c1-24-10-14-30-32(20-50(34(30)16-24)22-38(2,3)4)37(41(45,46)47)49-57(54,55)29-18-27(19-29)39(5,6)23-51-21-33(31-15-13-26(17-35(31)51)25-11-12-25)36(40(42,43)44)48-56(52,53)28-8-7-9-28/h10,13-17,20-21,25,27-29,36-37,48-49H,7-9,11-12,18-19,22-23H2,1-6H3/t27?,29?,36-,37-/m0/s1. The highest BCUT2D eigenvalue weighted by Gasteiger charge is 2.51. The van der Waals surface area contributed by atoms with Gasteiger partial charge in [-0.25, -0.2) is 16.8 Å². The lowest BCUT2D eigenvalue weighted by atomic mass is 9.67. The van der Waals surface area contributed by atoms with Crippen molar-refractivity contribution in [3.63, 3.8) is 0 Å². The minimum absolute atomic E-state index is 0.0592. The molecule has 2 aromatic carbocycles. The number of halogens is 6. The predicted molar refractivity (Wildman–Crippen MR) is 210 cm³/mol. The fraction of sp³-hybridized carbons (Fsp3) is 0.610. The summed E-state index contributed by atoms with van der Waals surface area (Å²) in [5.74, 6) is -0.00217. The van der Waals surface area contributed by atoms with Gasteiger partial charge < -0.3 is 9.13 Å². The van der Waals surface area contributed by atoms with Crippen molar-refractivity contribution in [1.82, 2.24) is 18.6 Å². The molecule has 57 heavy (non-hydrogen) atoms. The van der Waals surface area contributed by atoms with E-state index in [9.17, 15) is 43.2 Å². The average molecular weight is 843 g/mol. The molecule has 2 N–H and O–H groups in total. The molecular weight excluding hydrogens is 791 g/mol. The van der Waals surface area contributed by atoms with E-state index in [1.165, 1.54) is 12.4 Å². The zero-order valence-electron chi connectivity index (χ0n) is 33.1. The lowest BCUT2D eigenvalue weighted by Crippen LogP contribution is -2.50. The van der Waals surface area contributed by atoms with Gasteiger partial charge in [-0.2, -0.15) is 35.8 Å². The maximum atomic E-state index is 14.8. The number of benzene rings is 2. The number of aromatic nitrogens is 2. The lowest BCUT2D eigenvalue weighted by Gasteiger charge is -2.45. The first-order valence-corrected chi connectivity index (χ1v) is 22.7. The van der Waals surface area contributed by atoms with Crippen molar-refractivity contribution in [2.75, 3.05) is 0 Å². The van der Waals surface area contributed by atoms with Crippen molar-refractivity contribution >= 4 is 41.9 Å². The minimum atomic E-state index is -4.94. The monoisotopic (exact) mass is 842 g/mol. The third-order valence-electron chi connectivity index (χ3n) is 12.2. The Hall–Kier alpha value is -3.08. The summed E-state index contributed by atoms with van der Waals surface area (Å²) in [6.07, 6.45) is -3.86. The highest BCUT2D eigenvalue weighted by molar-refractivity contribution is 7.90. The molecule has 3 fully saturated rings. The second-order valence-electron chi connectivity index (χ2n) is 18.7. The van der Waals surface area contributed by atoms with Crippen molar-refractivity contribution < 1.29 is 43.2 Å². The minimum Gasteiger partial charge on any atom is -0.347 e. The molecule has 3 aliphatic carbocycles. The molecule has 0 radical (unpaired) electrons. The first-order valence-electron chi connectivity index (χ1n) is 19.6. The van der Waals surface area contributed by atoms with Gasteiger partial charge in [0.05, 0.1) is 10.5 Å². The quantitative estimate of drug-likeness (QED) is 0.131. The summed E-state index contributed by atoms with van der Waals surface area (Å²) in [7, 11) is -8.74. The molecule has 0 amide bonds. The summed E-state index contributed by atoms with van der Waals surface area (Å²) < 4.78 is 150. The fourth-order valence-corrected chi connectivity index (χ4v) is 12.0. The van der Waals surface area contributed by atoms with Gasteiger partial charge in [-0.1, -0.05) is 65.3 Å². The topological polar surface area (TPSA) is 102 Å². The molecule has 2 aromatic heterocycles. The van der Waals surface area contributed by atoms with E-state index in [0.717, 1.165) is 24.0 Å².